The molecule has 0 spiro atoms. The zero-order valence-electron chi connectivity index (χ0n) is 12.6. The normalized spacial score (nSPS) is 12.3. The summed E-state index contributed by atoms with van der Waals surface area (Å²) < 4.78 is 0. The maximum Gasteiger partial charge on any atom is 0.220 e. The van der Waals surface area contributed by atoms with Crippen molar-refractivity contribution in [2.24, 2.45) is 11.8 Å². The Morgan fingerprint density at radius 1 is 0.947 bits per heavy atom. The van der Waals surface area contributed by atoms with Gasteiger partial charge in [0.1, 0.15) is 5.78 Å². The Morgan fingerprint density at radius 3 is 2.05 bits per heavy atom. The molecule has 110 valence electrons. The minimum Gasteiger partial charge on any atom is -0.349 e. The van der Waals surface area contributed by atoms with Gasteiger partial charge in [-0.2, -0.15) is 0 Å². The third-order valence-corrected chi connectivity index (χ3v) is 3.34. The highest BCUT2D eigenvalue weighted by molar-refractivity contribution is 5.87. The monoisotopic (exact) mass is 269 g/mol. The summed E-state index contributed by atoms with van der Waals surface area (Å²) in [7, 11) is 0. The lowest BCUT2D eigenvalue weighted by molar-refractivity contribution is -0.126. The molecule has 1 N–H and O–H groups in total. The molecular weight excluding hydrogens is 242 g/mol. The first-order valence-electron chi connectivity index (χ1n) is 7.20. The van der Waals surface area contributed by atoms with Crippen molar-refractivity contribution < 1.29 is 14.4 Å². The molecule has 1 unspecified atom stereocenters. The van der Waals surface area contributed by atoms with Gasteiger partial charge in [0.05, 0.1) is 6.54 Å². The summed E-state index contributed by atoms with van der Waals surface area (Å²) in [5, 5.41) is 2.64. The summed E-state index contributed by atoms with van der Waals surface area (Å²) in [4.78, 5) is 34.4. The zero-order valence-corrected chi connectivity index (χ0v) is 12.6. The fraction of sp³-hybridized carbons (Fsp3) is 0.800. The van der Waals surface area contributed by atoms with Crippen molar-refractivity contribution in [1.82, 2.24) is 5.32 Å². The number of amides is 1. The average molecular weight is 269 g/mol. The molecule has 0 saturated carbocycles. The number of hydrogen-bond donors (Lipinski definition) is 1. The highest BCUT2D eigenvalue weighted by Crippen LogP contribution is 2.06. The predicted octanol–water partition coefficient (Wildman–Crippen LogP) is 2.50. The first-order valence-corrected chi connectivity index (χ1v) is 7.20. The molecule has 0 bridgehead atoms. The highest BCUT2D eigenvalue weighted by atomic mass is 16.2. The lowest BCUT2D eigenvalue weighted by atomic mass is 10.0. The van der Waals surface area contributed by atoms with Crippen molar-refractivity contribution in [2.45, 2.75) is 59.8 Å². The fourth-order valence-electron chi connectivity index (χ4n) is 1.55. The third kappa shape index (κ3) is 8.51. The van der Waals surface area contributed by atoms with Gasteiger partial charge in [0.15, 0.2) is 5.78 Å². The standard InChI is InChI=1S/C15H27NO3/c1-5-12(4)14(18)10-16-15(19)9-7-6-8-13(17)11(2)3/h11-12H,5-10H2,1-4H3,(H,16,19). The minimum atomic E-state index is -0.103. The second-order valence-electron chi connectivity index (χ2n) is 5.38. The molecule has 0 aliphatic carbocycles. The largest absolute Gasteiger partial charge is 0.349 e. The Hall–Kier alpha value is -1.19. The van der Waals surface area contributed by atoms with E-state index < -0.39 is 0 Å². The summed E-state index contributed by atoms with van der Waals surface area (Å²) in [6, 6.07) is 0. The summed E-state index contributed by atoms with van der Waals surface area (Å²) in [6.07, 6.45) is 3.16. The summed E-state index contributed by atoms with van der Waals surface area (Å²) in [5.74, 6) is 0.290. The Labute approximate surface area is 116 Å². The SMILES string of the molecule is CCC(C)C(=O)CNC(=O)CCCCC(=O)C(C)C. The number of hydrogen-bond acceptors (Lipinski definition) is 3. The van der Waals surface area contributed by atoms with E-state index in [2.05, 4.69) is 5.32 Å². The van der Waals surface area contributed by atoms with Crippen molar-refractivity contribution >= 4 is 17.5 Å². The van der Waals surface area contributed by atoms with Gasteiger partial charge in [0, 0.05) is 24.7 Å². The maximum absolute atomic E-state index is 11.5. The predicted molar refractivity (Wildman–Crippen MR) is 75.8 cm³/mol. The van der Waals surface area contributed by atoms with Gasteiger partial charge in [-0.3, -0.25) is 14.4 Å². The molecule has 0 radical (unpaired) electrons. The van der Waals surface area contributed by atoms with E-state index in [9.17, 15) is 14.4 Å². The van der Waals surface area contributed by atoms with Crippen molar-refractivity contribution in [3.63, 3.8) is 0 Å². The second-order valence-corrected chi connectivity index (χ2v) is 5.38. The van der Waals surface area contributed by atoms with E-state index in [0.717, 1.165) is 12.8 Å². The summed E-state index contributed by atoms with van der Waals surface area (Å²) in [5.41, 5.74) is 0. The molecule has 0 aromatic rings. The van der Waals surface area contributed by atoms with Crippen LogP contribution in [0.2, 0.25) is 0 Å². The molecule has 0 rings (SSSR count). The van der Waals surface area contributed by atoms with Gasteiger partial charge < -0.3 is 5.32 Å². The quantitative estimate of drug-likeness (QED) is 0.620. The molecule has 1 atom stereocenters. The number of unbranched alkanes of at least 4 members (excludes halogenated alkanes) is 1. The van der Waals surface area contributed by atoms with Crippen LogP contribution in [0.4, 0.5) is 0 Å². The fourth-order valence-corrected chi connectivity index (χ4v) is 1.55. The molecule has 0 aliphatic heterocycles. The number of nitrogens with one attached hydrogen (secondary N) is 1. The van der Waals surface area contributed by atoms with Crippen LogP contribution in [0.3, 0.4) is 0 Å². The molecule has 0 saturated heterocycles. The molecule has 0 aromatic carbocycles. The maximum atomic E-state index is 11.5. The molecule has 0 aromatic heterocycles. The number of rotatable bonds is 10. The van der Waals surface area contributed by atoms with Crippen molar-refractivity contribution in [2.75, 3.05) is 6.54 Å². The van der Waals surface area contributed by atoms with E-state index in [1.54, 1.807) is 0 Å². The van der Waals surface area contributed by atoms with Crippen molar-refractivity contribution in [3.8, 4) is 0 Å². The molecular formula is C15H27NO3. The number of carbonyl (C=O) groups excluding carboxylic acids is 3. The highest BCUT2D eigenvalue weighted by Gasteiger charge is 2.12. The van der Waals surface area contributed by atoms with Crippen molar-refractivity contribution in [1.29, 1.82) is 0 Å². The molecule has 0 fully saturated rings. The van der Waals surface area contributed by atoms with Gasteiger partial charge in [-0.05, 0) is 19.3 Å². The van der Waals surface area contributed by atoms with Crippen LogP contribution in [0.5, 0.6) is 0 Å². The van der Waals surface area contributed by atoms with E-state index in [0.29, 0.717) is 19.3 Å². The first kappa shape index (κ1) is 17.8. The van der Waals surface area contributed by atoms with Crippen LogP contribution in [0, 0.1) is 11.8 Å². The first-order chi connectivity index (χ1) is 8.88. The van der Waals surface area contributed by atoms with Crippen LogP contribution >= 0.6 is 0 Å². The number of ketones is 2. The molecule has 4 heteroatoms. The Morgan fingerprint density at radius 2 is 1.53 bits per heavy atom. The molecule has 0 heterocycles. The lowest BCUT2D eigenvalue weighted by Crippen LogP contribution is -2.31. The van der Waals surface area contributed by atoms with Gasteiger partial charge in [-0.1, -0.05) is 27.7 Å². The van der Waals surface area contributed by atoms with Crippen LogP contribution in [0.25, 0.3) is 0 Å². The smallest absolute Gasteiger partial charge is 0.220 e. The van der Waals surface area contributed by atoms with Crippen LogP contribution < -0.4 is 5.32 Å². The van der Waals surface area contributed by atoms with Crippen LogP contribution in [0.1, 0.15) is 59.8 Å². The molecule has 0 aliphatic rings. The Bertz CT molecular complexity index is 311. The molecule has 19 heavy (non-hydrogen) atoms. The average Bonchev–Trinajstić information content (AvgIpc) is 2.39. The summed E-state index contributed by atoms with van der Waals surface area (Å²) >= 11 is 0. The number of Topliss-reactive ketones (excluding diaryl/α,β-unsaturated/α-hetero) is 2. The van der Waals surface area contributed by atoms with Gasteiger partial charge in [-0.25, -0.2) is 0 Å². The zero-order chi connectivity index (χ0) is 14.8. The third-order valence-electron chi connectivity index (χ3n) is 3.34. The Kier molecular flexibility index (Phi) is 9.09. The Balaban J connectivity index is 3.66. The number of carbonyl (C=O) groups is 3. The van der Waals surface area contributed by atoms with E-state index in [1.807, 2.05) is 27.7 Å². The van der Waals surface area contributed by atoms with E-state index in [4.69, 9.17) is 0 Å². The van der Waals surface area contributed by atoms with E-state index >= 15 is 0 Å². The van der Waals surface area contributed by atoms with E-state index in [1.165, 1.54) is 0 Å². The van der Waals surface area contributed by atoms with Crippen LogP contribution in [-0.4, -0.2) is 24.0 Å². The second kappa shape index (κ2) is 9.70. The van der Waals surface area contributed by atoms with Crippen LogP contribution in [-0.2, 0) is 14.4 Å². The van der Waals surface area contributed by atoms with E-state index in [-0.39, 0.29) is 35.9 Å². The topological polar surface area (TPSA) is 63.2 Å². The van der Waals surface area contributed by atoms with Gasteiger partial charge in [0.25, 0.3) is 0 Å². The molecule has 4 nitrogen and oxygen atoms in total. The van der Waals surface area contributed by atoms with Crippen LogP contribution in [0.15, 0.2) is 0 Å². The summed E-state index contributed by atoms with van der Waals surface area (Å²) in [6.45, 7) is 7.71. The van der Waals surface area contributed by atoms with Gasteiger partial charge >= 0.3 is 0 Å². The lowest BCUT2D eigenvalue weighted by Gasteiger charge is -2.08. The molecule has 1 amide bonds. The van der Waals surface area contributed by atoms with Gasteiger partial charge in [-0.15, -0.1) is 0 Å². The van der Waals surface area contributed by atoms with Crippen molar-refractivity contribution in [3.05, 3.63) is 0 Å². The minimum absolute atomic E-state index is 0.00367. The van der Waals surface area contributed by atoms with Gasteiger partial charge in [0.2, 0.25) is 5.91 Å².